The van der Waals surface area contributed by atoms with Crippen molar-refractivity contribution < 1.29 is 13.3 Å². The number of rotatable bonds is 4. The van der Waals surface area contributed by atoms with Gasteiger partial charge in [0.1, 0.15) is 0 Å². The normalized spacial score (nSPS) is 24.1. The molecule has 1 aromatic rings. The van der Waals surface area contributed by atoms with Gasteiger partial charge in [-0.1, -0.05) is 12.1 Å². The highest BCUT2D eigenvalue weighted by Crippen LogP contribution is 2.36. The Morgan fingerprint density at radius 1 is 1.35 bits per heavy atom. The Bertz CT molecular complexity index is 661. The highest BCUT2D eigenvalue weighted by Gasteiger charge is 2.42. The Morgan fingerprint density at radius 3 is 2.45 bits per heavy atom. The van der Waals surface area contributed by atoms with E-state index in [9.17, 15) is 23.8 Å². The lowest BCUT2D eigenvalue weighted by atomic mass is 9.83. The molecule has 1 aliphatic heterocycles. The van der Waals surface area contributed by atoms with Gasteiger partial charge in [0.25, 0.3) is 5.69 Å². The SMILES string of the molecule is N#CC1(CCc2ccc([N+](=O)[O-])cc2)CCS(=O)(=O)C1. The van der Waals surface area contributed by atoms with Crippen molar-refractivity contribution in [3.05, 3.63) is 39.9 Å². The van der Waals surface area contributed by atoms with E-state index in [4.69, 9.17) is 0 Å². The lowest BCUT2D eigenvalue weighted by Gasteiger charge is -2.18. The molecule has 1 fully saturated rings. The van der Waals surface area contributed by atoms with Crippen LogP contribution in [0, 0.1) is 26.9 Å². The number of hydrogen-bond donors (Lipinski definition) is 0. The van der Waals surface area contributed by atoms with E-state index in [0.717, 1.165) is 5.56 Å². The number of nitro benzene ring substituents is 1. The van der Waals surface area contributed by atoms with Gasteiger partial charge in [-0.3, -0.25) is 10.1 Å². The molecular weight excluding hydrogens is 280 g/mol. The van der Waals surface area contributed by atoms with Gasteiger partial charge >= 0.3 is 0 Å². The number of non-ortho nitro benzene ring substituents is 1. The Morgan fingerprint density at radius 2 is 2.00 bits per heavy atom. The van der Waals surface area contributed by atoms with E-state index in [-0.39, 0.29) is 17.2 Å². The molecule has 1 unspecified atom stereocenters. The molecule has 0 spiro atoms. The molecule has 0 radical (unpaired) electrons. The monoisotopic (exact) mass is 294 g/mol. The first-order chi connectivity index (χ1) is 9.36. The molecule has 0 amide bonds. The van der Waals surface area contributed by atoms with E-state index < -0.39 is 20.2 Å². The van der Waals surface area contributed by atoms with Crippen LogP contribution in [0.25, 0.3) is 0 Å². The van der Waals surface area contributed by atoms with Crippen LogP contribution >= 0.6 is 0 Å². The van der Waals surface area contributed by atoms with Crippen LogP contribution < -0.4 is 0 Å². The van der Waals surface area contributed by atoms with Crippen LogP contribution in [-0.4, -0.2) is 24.8 Å². The third-order valence-electron chi connectivity index (χ3n) is 3.66. The van der Waals surface area contributed by atoms with Gasteiger partial charge in [0, 0.05) is 12.1 Å². The van der Waals surface area contributed by atoms with Gasteiger partial charge in [0.05, 0.1) is 27.9 Å². The zero-order valence-corrected chi connectivity index (χ0v) is 11.6. The van der Waals surface area contributed by atoms with Gasteiger partial charge in [0.15, 0.2) is 9.84 Å². The number of nitro groups is 1. The van der Waals surface area contributed by atoms with Gasteiger partial charge in [-0.25, -0.2) is 8.42 Å². The maximum atomic E-state index is 11.5. The molecule has 1 atom stereocenters. The van der Waals surface area contributed by atoms with E-state index in [1.165, 1.54) is 12.1 Å². The first-order valence-corrected chi connectivity index (χ1v) is 8.03. The third-order valence-corrected chi connectivity index (χ3v) is 5.48. The molecule has 6 nitrogen and oxygen atoms in total. The summed E-state index contributed by atoms with van der Waals surface area (Å²) >= 11 is 0. The summed E-state index contributed by atoms with van der Waals surface area (Å²) in [7, 11) is -3.10. The largest absolute Gasteiger partial charge is 0.269 e. The summed E-state index contributed by atoms with van der Waals surface area (Å²) in [5.74, 6) is -0.00962. The third kappa shape index (κ3) is 3.14. The predicted molar refractivity (Wildman–Crippen MR) is 72.7 cm³/mol. The fraction of sp³-hybridized carbons (Fsp3) is 0.462. The van der Waals surface area contributed by atoms with Crippen LogP contribution in [0.15, 0.2) is 24.3 Å². The maximum Gasteiger partial charge on any atom is 0.269 e. The second-order valence-corrected chi connectivity index (χ2v) is 7.34. The molecule has 2 rings (SSSR count). The summed E-state index contributed by atoms with van der Waals surface area (Å²) in [5, 5.41) is 19.8. The van der Waals surface area contributed by atoms with E-state index in [2.05, 4.69) is 6.07 Å². The van der Waals surface area contributed by atoms with Crippen molar-refractivity contribution >= 4 is 15.5 Å². The maximum absolute atomic E-state index is 11.5. The number of nitriles is 1. The minimum absolute atomic E-state index is 0.0205. The molecule has 7 heteroatoms. The molecule has 1 aliphatic rings. The van der Waals surface area contributed by atoms with Crippen LogP contribution in [-0.2, 0) is 16.3 Å². The quantitative estimate of drug-likeness (QED) is 0.623. The fourth-order valence-corrected chi connectivity index (χ4v) is 4.47. The number of hydrogen-bond acceptors (Lipinski definition) is 5. The van der Waals surface area contributed by atoms with Crippen molar-refractivity contribution in [1.29, 1.82) is 5.26 Å². The summed E-state index contributed by atoms with van der Waals surface area (Å²) in [5.41, 5.74) is 0.0855. The lowest BCUT2D eigenvalue weighted by Crippen LogP contribution is -2.21. The average molecular weight is 294 g/mol. The second kappa shape index (κ2) is 5.21. The summed E-state index contributed by atoms with van der Waals surface area (Å²) in [6.07, 6.45) is 1.38. The molecule has 1 heterocycles. The Labute approximate surface area is 117 Å². The van der Waals surface area contributed by atoms with Crippen molar-refractivity contribution in [2.24, 2.45) is 5.41 Å². The zero-order chi connectivity index (χ0) is 14.8. The van der Waals surface area contributed by atoms with E-state index in [1.807, 2.05) is 0 Å². The molecule has 0 bridgehead atoms. The standard InChI is InChI=1S/C13H14N2O4S/c14-9-13(7-8-20(18,19)10-13)6-5-11-1-3-12(4-2-11)15(16)17/h1-4H,5-8,10H2. The van der Waals surface area contributed by atoms with E-state index in [0.29, 0.717) is 19.3 Å². The molecule has 1 saturated heterocycles. The Balaban J connectivity index is 2.05. The fourth-order valence-electron chi connectivity index (χ4n) is 2.43. The molecule has 0 N–H and O–H groups in total. The molecule has 0 aromatic heterocycles. The molecule has 20 heavy (non-hydrogen) atoms. The zero-order valence-electron chi connectivity index (χ0n) is 10.8. The second-order valence-electron chi connectivity index (χ2n) is 5.16. The van der Waals surface area contributed by atoms with Crippen LogP contribution in [0.3, 0.4) is 0 Å². The Kier molecular flexibility index (Phi) is 3.77. The summed E-state index contributed by atoms with van der Waals surface area (Å²) in [6.45, 7) is 0. The number of benzene rings is 1. The average Bonchev–Trinajstić information content (AvgIpc) is 2.73. The van der Waals surface area contributed by atoms with Gasteiger partial charge in [0.2, 0.25) is 0 Å². The van der Waals surface area contributed by atoms with Gasteiger partial charge in [-0.15, -0.1) is 0 Å². The highest BCUT2D eigenvalue weighted by molar-refractivity contribution is 7.91. The summed E-state index contributed by atoms with van der Waals surface area (Å²) in [6, 6.07) is 8.27. The van der Waals surface area contributed by atoms with Gasteiger partial charge in [-0.2, -0.15) is 5.26 Å². The molecular formula is C13H14N2O4S. The highest BCUT2D eigenvalue weighted by atomic mass is 32.2. The van der Waals surface area contributed by atoms with Crippen LogP contribution in [0.5, 0.6) is 0 Å². The van der Waals surface area contributed by atoms with Crippen molar-refractivity contribution in [2.75, 3.05) is 11.5 Å². The van der Waals surface area contributed by atoms with Gasteiger partial charge < -0.3 is 0 Å². The first kappa shape index (κ1) is 14.5. The van der Waals surface area contributed by atoms with E-state index in [1.54, 1.807) is 12.1 Å². The Hall–Kier alpha value is -1.94. The van der Waals surface area contributed by atoms with E-state index >= 15 is 0 Å². The van der Waals surface area contributed by atoms with Crippen LogP contribution in [0.1, 0.15) is 18.4 Å². The summed E-state index contributed by atoms with van der Waals surface area (Å²) in [4.78, 5) is 10.1. The number of sulfone groups is 1. The van der Waals surface area contributed by atoms with Crippen molar-refractivity contribution in [3.63, 3.8) is 0 Å². The lowest BCUT2D eigenvalue weighted by molar-refractivity contribution is -0.384. The minimum atomic E-state index is -3.10. The van der Waals surface area contributed by atoms with Crippen LogP contribution in [0.4, 0.5) is 5.69 Å². The molecule has 106 valence electrons. The summed E-state index contributed by atoms with van der Waals surface area (Å²) < 4.78 is 23.0. The van der Waals surface area contributed by atoms with Crippen molar-refractivity contribution in [2.45, 2.75) is 19.3 Å². The molecule has 0 aliphatic carbocycles. The molecule has 1 aromatic carbocycles. The number of nitrogens with zero attached hydrogens (tertiary/aromatic N) is 2. The smallest absolute Gasteiger partial charge is 0.258 e. The minimum Gasteiger partial charge on any atom is -0.258 e. The van der Waals surface area contributed by atoms with Gasteiger partial charge in [-0.05, 0) is 24.8 Å². The first-order valence-electron chi connectivity index (χ1n) is 6.21. The predicted octanol–water partition coefficient (Wildman–Crippen LogP) is 1.86. The topological polar surface area (TPSA) is 101 Å². The molecule has 0 saturated carbocycles. The number of aryl methyl sites for hydroxylation is 1. The van der Waals surface area contributed by atoms with Crippen LogP contribution in [0.2, 0.25) is 0 Å². The van der Waals surface area contributed by atoms with Crippen molar-refractivity contribution in [1.82, 2.24) is 0 Å². The van der Waals surface area contributed by atoms with Crippen molar-refractivity contribution in [3.8, 4) is 6.07 Å².